The minimum atomic E-state index is -4.19. The zero-order chi connectivity index (χ0) is 32.6. The van der Waals surface area contributed by atoms with Crippen LogP contribution in [0.2, 0.25) is 0 Å². The van der Waals surface area contributed by atoms with Crippen molar-refractivity contribution in [3.05, 3.63) is 28.7 Å². The van der Waals surface area contributed by atoms with Gasteiger partial charge >= 0.3 is 11.9 Å². The van der Waals surface area contributed by atoms with Crippen LogP contribution in [0.15, 0.2) is 33.6 Å². The first-order valence-corrected chi connectivity index (χ1v) is 19.0. The number of halogens is 1. The summed E-state index contributed by atoms with van der Waals surface area (Å²) in [7, 11) is -2.87. The molecular weight excluding hydrogens is 678 g/mol. The maximum atomic E-state index is 14.3. The van der Waals surface area contributed by atoms with Crippen LogP contribution in [-0.2, 0) is 43.0 Å². The van der Waals surface area contributed by atoms with E-state index < -0.39 is 45.5 Å². The molecule has 0 radical (unpaired) electrons. The largest absolute Gasteiger partial charge is 0.469 e. The van der Waals surface area contributed by atoms with Crippen molar-refractivity contribution in [1.82, 2.24) is 4.90 Å². The Morgan fingerprint density at radius 3 is 2.30 bits per heavy atom. The fraction of sp³-hybridized carbons (Fsp3) is 0.706. The smallest absolute Gasteiger partial charge is 0.312 e. The minimum Gasteiger partial charge on any atom is -0.469 e. The van der Waals surface area contributed by atoms with Gasteiger partial charge in [0.25, 0.3) is 10.1 Å². The van der Waals surface area contributed by atoms with Crippen molar-refractivity contribution in [3.8, 4) is 0 Å². The van der Waals surface area contributed by atoms with E-state index in [9.17, 15) is 27.6 Å². The van der Waals surface area contributed by atoms with Crippen LogP contribution in [0.1, 0.15) is 89.9 Å². The van der Waals surface area contributed by atoms with Gasteiger partial charge in [0.15, 0.2) is 5.78 Å². The van der Waals surface area contributed by atoms with E-state index in [2.05, 4.69) is 15.9 Å². The van der Waals surface area contributed by atoms with Gasteiger partial charge in [-0.15, -0.1) is 0 Å². The second kappa shape index (κ2) is 13.7. The summed E-state index contributed by atoms with van der Waals surface area (Å²) < 4.78 is 43.7. The van der Waals surface area contributed by atoms with Gasteiger partial charge < -0.3 is 14.4 Å². The van der Waals surface area contributed by atoms with E-state index in [0.717, 1.165) is 51.4 Å². The lowest BCUT2D eigenvalue weighted by molar-refractivity contribution is -0.155. The van der Waals surface area contributed by atoms with Gasteiger partial charge in [0.1, 0.15) is 6.10 Å². The van der Waals surface area contributed by atoms with Crippen molar-refractivity contribution in [2.24, 2.45) is 29.1 Å². The van der Waals surface area contributed by atoms with Gasteiger partial charge in [0.05, 0.1) is 36.0 Å². The molecule has 46 heavy (non-hydrogen) atoms. The zero-order valence-corrected chi connectivity index (χ0v) is 28.8. The molecule has 3 aliphatic carbocycles. The SMILES string of the molecule is COC(=O)[C@]12CC(=O)[C@@H]3C[C@H](OS(=O)(=O)c4ccc(Br)cc4)CN3C(=O)[C@@H](CC(=O)OC3C[C@@H]4C[C@@H]4C3)CCCCCCC[C@@H]1C2. The van der Waals surface area contributed by atoms with Gasteiger partial charge in [-0.1, -0.05) is 48.0 Å². The number of rotatable bonds is 7. The molecule has 5 aliphatic rings. The Balaban J connectivity index is 1.23. The highest BCUT2D eigenvalue weighted by Gasteiger charge is 2.62. The number of esters is 2. The van der Waals surface area contributed by atoms with Crippen LogP contribution in [0.4, 0.5) is 0 Å². The first-order chi connectivity index (χ1) is 22.0. The number of hydrogen-bond acceptors (Lipinski definition) is 9. The molecule has 1 unspecified atom stereocenters. The number of fused-ring (bicyclic) bond motifs is 3. The van der Waals surface area contributed by atoms with Crippen LogP contribution >= 0.6 is 15.9 Å². The Morgan fingerprint density at radius 2 is 1.61 bits per heavy atom. The number of benzene rings is 1. The second-order valence-corrected chi connectivity index (χ2v) is 16.6. The molecule has 252 valence electrons. The Morgan fingerprint density at radius 1 is 0.935 bits per heavy atom. The summed E-state index contributed by atoms with van der Waals surface area (Å²) >= 11 is 3.30. The van der Waals surface area contributed by atoms with E-state index >= 15 is 0 Å². The molecule has 10 nitrogen and oxygen atoms in total. The standard InChI is InChI=1S/C34H44BrNO9S/c1-43-33(40)34-18-24(34)8-6-4-2-3-5-7-21(16-31(38)44-26-14-22-13-23(22)15-26)32(39)36-20-27(17-29(36)30(37)19-34)45-46(41,42)28-11-9-25(35)10-12-28/h9-12,21-24,26-27,29H,2-8,13-20H2,1H3/t21-,22-,23+,24-,26?,27+,29+,34-/m1/s1. The van der Waals surface area contributed by atoms with Crippen LogP contribution in [0.25, 0.3) is 0 Å². The van der Waals surface area contributed by atoms with Crippen molar-refractivity contribution in [2.45, 2.75) is 113 Å². The number of ketones is 1. The van der Waals surface area contributed by atoms with Crippen molar-refractivity contribution < 1.29 is 41.3 Å². The molecule has 0 N–H and O–H groups in total. The predicted octanol–water partition coefficient (Wildman–Crippen LogP) is 5.35. The highest BCUT2D eigenvalue weighted by molar-refractivity contribution is 9.10. The molecule has 1 amide bonds. The van der Waals surface area contributed by atoms with Gasteiger partial charge in [0.2, 0.25) is 5.91 Å². The maximum absolute atomic E-state index is 14.3. The van der Waals surface area contributed by atoms with E-state index in [1.165, 1.54) is 30.6 Å². The molecule has 0 spiro atoms. The first-order valence-electron chi connectivity index (χ1n) is 16.8. The molecule has 2 saturated heterocycles. The van der Waals surface area contributed by atoms with Crippen LogP contribution in [0.5, 0.6) is 0 Å². The average Bonchev–Trinajstić information content (AvgIpc) is 3.81. The highest BCUT2D eigenvalue weighted by atomic mass is 79.9. The molecule has 6 rings (SSSR count). The fourth-order valence-corrected chi connectivity index (χ4v) is 9.57. The number of methoxy groups -OCH3 is 1. The Kier molecular flexibility index (Phi) is 9.98. The van der Waals surface area contributed by atoms with E-state index in [1.807, 2.05) is 0 Å². The van der Waals surface area contributed by atoms with Crippen LogP contribution in [-0.4, -0.2) is 68.9 Å². The van der Waals surface area contributed by atoms with Gasteiger partial charge in [-0.25, -0.2) is 0 Å². The summed E-state index contributed by atoms with van der Waals surface area (Å²) in [5.41, 5.74) is -0.922. The predicted molar refractivity (Wildman–Crippen MR) is 170 cm³/mol. The van der Waals surface area contributed by atoms with Crippen LogP contribution in [0.3, 0.4) is 0 Å². The molecule has 1 aromatic carbocycles. The Hall–Kier alpha value is -2.31. The lowest BCUT2D eigenvalue weighted by Gasteiger charge is -2.29. The van der Waals surface area contributed by atoms with Crippen molar-refractivity contribution in [2.75, 3.05) is 13.7 Å². The molecule has 1 aromatic rings. The lowest BCUT2D eigenvalue weighted by atomic mass is 9.90. The minimum absolute atomic E-state index is 0.0235. The van der Waals surface area contributed by atoms with Gasteiger partial charge in [-0.3, -0.25) is 23.4 Å². The molecule has 8 atom stereocenters. The number of carbonyl (C=O) groups is 4. The number of hydrogen-bond donors (Lipinski definition) is 0. The quantitative estimate of drug-likeness (QED) is 0.270. The Bertz CT molecular complexity index is 1440. The number of ether oxygens (including phenoxy) is 2. The summed E-state index contributed by atoms with van der Waals surface area (Å²) in [5, 5.41) is 0. The van der Waals surface area contributed by atoms with E-state index in [-0.39, 0.29) is 54.4 Å². The molecule has 2 aliphatic heterocycles. The molecule has 5 fully saturated rings. The summed E-state index contributed by atoms with van der Waals surface area (Å²) in [4.78, 5) is 55.8. The van der Waals surface area contributed by atoms with Gasteiger partial charge in [-0.2, -0.15) is 8.42 Å². The van der Waals surface area contributed by atoms with Gasteiger partial charge in [-0.05, 0) is 80.5 Å². The molecule has 12 heteroatoms. The van der Waals surface area contributed by atoms with Crippen molar-refractivity contribution >= 4 is 49.7 Å². The molecule has 0 aromatic heterocycles. The van der Waals surface area contributed by atoms with E-state index in [4.69, 9.17) is 13.7 Å². The van der Waals surface area contributed by atoms with E-state index in [1.54, 1.807) is 12.1 Å². The van der Waals surface area contributed by atoms with Crippen LogP contribution < -0.4 is 0 Å². The number of amides is 1. The number of nitrogens with zero attached hydrogens (tertiary/aromatic N) is 1. The fourth-order valence-electron chi connectivity index (χ4n) is 8.23. The average molecular weight is 723 g/mol. The third-order valence-electron chi connectivity index (χ3n) is 11.0. The maximum Gasteiger partial charge on any atom is 0.312 e. The third kappa shape index (κ3) is 7.38. The van der Waals surface area contributed by atoms with E-state index in [0.29, 0.717) is 29.2 Å². The van der Waals surface area contributed by atoms with Gasteiger partial charge in [0, 0.05) is 29.8 Å². The first kappa shape index (κ1) is 33.6. The molecule has 3 saturated carbocycles. The zero-order valence-electron chi connectivity index (χ0n) is 26.4. The molecule has 2 heterocycles. The highest BCUT2D eigenvalue weighted by Crippen LogP contribution is 2.59. The number of Topliss-reactive ketones (excluding diaryl/α,β-unsaturated/α-hetero) is 1. The number of carbonyl (C=O) groups excluding carboxylic acids is 4. The molecular formula is C34H44BrNO9S. The topological polar surface area (TPSA) is 133 Å². The monoisotopic (exact) mass is 721 g/mol. The normalized spacial score (nSPS) is 34.8. The van der Waals surface area contributed by atoms with Crippen molar-refractivity contribution in [3.63, 3.8) is 0 Å². The lowest BCUT2D eigenvalue weighted by Crippen LogP contribution is -2.45. The summed E-state index contributed by atoms with van der Waals surface area (Å²) in [6.07, 6.45) is 8.12. The third-order valence-corrected chi connectivity index (χ3v) is 12.9. The summed E-state index contributed by atoms with van der Waals surface area (Å²) in [5.74, 6) is -0.857. The summed E-state index contributed by atoms with van der Waals surface area (Å²) in [6, 6.07) is 5.06. The van der Waals surface area contributed by atoms with Crippen molar-refractivity contribution in [1.29, 1.82) is 0 Å². The second-order valence-electron chi connectivity index (χ2n) is 14.1. The Labute approximate surface area is 279 Å². The van der Waals surface area contributed by atoms with Crippen LogP contribution in [0, 0.1) is 29.1 Å². The summed E-state index contributed by atoms with van der Waals surface area (Å²) in [6.45, 7) is -0.114. The molecule has 0 bridgehead atoms.